The van der Waals surface area contributed by atoms with Crippen LogP contribution in [0.2, 0.25) is 0 Å². The Morgan fingerprint density at radius 3 is 2.65 bits per heavy atom. The fourth-order valence-corrected chi connectivity index (χ4v) is 2.01. The third-order valence-electron chi connectivity index (χ3n) is 3.15. The van der Waals surface area contributed by atoms with Crippen molar-refractivity contribution in [3.63, 3.8) is 0 Å². The number of aromatic nitrogens is 2. The van der Waals surface area contributed by atoms with Gasteiger partial charge in [-0.1, -0.05) is 0 Å². The van der Waals surface area contributed by atoms with Crippen LogP contribution in [0.25, 0.3) is 0 Å². The Labute approximate surface area is 118 Å². The number of rotatable bonds is 4. The monoisotopic (exact) mass is 278 g/mol. The lowest BCUT2D eigenvalue weighted by Crippen LogP contribution is -2.43. The summed E-state index contributed by atoms with van der Waals surface area (Å²) < 4.78 is 1.17. The summed E-state index contributed by atoms with van der Waals surface area (Å²) in [4.78, 5) is 23.7. The Morgan fingerprint density at radius 1 is 1.45 bits per heavy atom. The Kier molecular flexibility index (Phi) is 4.11. The van der Waals surface area contributed by atoms with Crippen molar-refractivity contribution in [3.05, 3.63) is 22.6 Å². The van der Waals surface area contributed by atoms with Crippen LogP contribution in [-0.4, -0.2) is 27.3 Å². The van der Waals surface area contributed by atoms with Gasteiger partial charge in [-0.3, -0.25) is 9.59 Å². The lowest BCUT2D eigenvalue weighted by atomic mass is 9.93. The highest BCUT2D eigenvalue weighted by Gasteiger charge is 2.18. The van der Waals surface area contributed by atoms with Gasteiger partial charge in [-0.25, -0.2) is 4.68 Å². The van der Waals surface area contributed by atoms with Crippen LogP contribution in [0.4, 0.5) is 5.69 Å². The first-order chi connectivity index (χ1) is 9.33. The molecule has 1 aromatic heterocycles. The van der Waals surface area contributed by atoms with E-state index in [4.69, 9.17) is 0 Å². The molecule has 0 saturated heterocycles. The second-order valence-electron chi connectivity index (χ2n) is 6.31. The minimum Gasteiger partial charge on any atom is -0.381 e. The fraction of sp³-hybridized carbons (Fsp3) is 0.643. The highest BCUT2D eigenvalue weighted by atomic mass is 16.2. The van der Waals surface area contributed by atoms with Crippen LogP contribution in [0.3, 0.4) is 0 Å². The molecule has 0 aromatic carbocycles. The maximum atomic E-state index is 11.9. The van der Waals surface area contributed by atoms with E-state index in [1.54, 1.807) is 6.20 Å². The van der Waals surface area contributed by atoms with Gasteiger partial charge in [0.05, 0.1) is 11.9 Å². The number of anilines is 1. The lowest BCUT2D eigenvalue weighted by molar-refractivity contribution is -0.123. The van der Waals surface area contributed by atoms with Gasteiger partial charge in [-0.15, -0.1) is 0 Å². The Hall–Kier alpha value is -1.85. The summed E-state index contributed by atoms with van der Waals surface area (Å²) in [6, 6.07) is 1.95. The van der Waals surface area contributed by atoms with E-state index in [1.807, 2.05) is 20.8 Å². The van der Waals surface area contributed by atoms with E-state index in [0.29, 0.717) is 6.04 Å². The lowest BCUT2D eigenvalue weighted by Gasteiger charge is -2.27. The van der Waals surface area contributed by atoms with E-state index in [9.17, 15) is 9.59 Å². The molecule has 6 nitrogen and oxygen atoms in total. The molecule has 1 aliphatic rings. The Bertz CT molecular complexity index is 541. The van der Waals surface area contributed by atoms with Gasteiger partial charge in [0, 0.05) is 17.6 Å². The number of nitrogens with zero attached hydrogens (tertiary/aromatic N) is 2. The zero-order chi connectivity index (χ0) is 14.8. The standard InChI is InChI=1S/C14H22N4O2/c1-14(2,3)17-12(19)9-18-13(20)7-11(8-15-18)16-10-5-4-6-10/h7-8,10,16H,4-6,9H2,1-3H3,(H,17,19). The van der Waals surface area contributed by atoms with Crippen LogP contribution in [0.1, 0.15) is 40.0 Å². The molecule has 1 aliphatic carbocycles. The molecule has 6 heteroatoms. The number of nitrogens with one attached hydrogen (secondary N) is 2. The molecule has 0 aliphatic heterocycles. The van der Waals surface area contributed by atoms with Crippen LogP contribution in [-0.2, 0) is 11.3 Å². The third-order valence-corrected chi connectivity index (χ3v) is 3.15. The summed E-state index contributed by atoms with van der Waals surface area (Å²) in [6.45, 7) is 5.63. The normalized spacial score (nSPS) is 15.6. The van der Waals surface area contributed by atoms with Crippen LogP contribution >= 0.6 is 0 Å². The summed E-state index contributed by atoms with van der Waals surface area (Å²) >= 11 is 0. The highest BCUT2D eigenvalue weighted by Crippen LogP contribution is 2.21. The van der Waals surface area contributed by atoms with E-state index in [0.717, 1.165) is 18.5 Å². The smallest absolute Gasteiger partial charge is 0.269 e. The van der Waals surface area contributed by atoms with Crippen LogP contribution in [0.15, 0.2) is 17.1 Å². The molecule has 0 atom stereocenters. The average molecular weight is 278 g/mol. The maximum Gasteiger partial charge on any atom is 0.269 e. The summed E-state index contributed by atoms with van der Waals surface area (Å²) in [6.07, 6.45) is 5.10. The van der Waals surface area contributed by atoms with E-state index < -0.39 is 0 Å². The van der Waals surface area contributed by atoms with Crippen LogP contribution < -0.4 is 16.2 Å². The first-order valence-corrected chi connectivity index (χ1v) is 6.98. The minimum atomic E-state index is -0.313. The number of hydrogen-bond acceptors (Lipinski definition) is 4. The Balaban J connectivity index is 1.98. The van der Waals surface area contributed by atoms with Gasteiger partial charge >= 0.3 is 0 Å². The number of amides is 1. The van der Waals surface area contributed by atoms with E-state index in [1.165, 1.54) is 17.2 Å². The molecule has 110 valence electrons. The molecule has 1 saturated carbocycles. The molecule has 2 N–H and O–H groups in total. The highest BCUT2D eigenvalue weighted by molar-refractivity contribution is 5.76. The van der Waals surface area contributed by atoms with Crippen molar-refractivity contribution in [1.82, 2.24) is 15.1 Å². The molecule has 1 aromatic rings. The number of hydrogen-bond donors (Lipinski definition) is 2. The third kappa shape index (κ3) is 4.08. The molecule has 2 rings (SSSR count). The first-order valence-electron chi connectivity index (χ1n) is 6.98. The van der Waals surface area contributed by atoms with Crippen molar-refractivity contribution in [3.8, 4) is 0 Å². The predicted octanol–water partition coefficient (Wildman–Crippen LogP) is 1.12. The zero-order valence-corrected chi connectivity index (χ0v) is 12.3. The molecule has 0 radical (unpaired) electrons. The van der Waals surface area contributed by atoms with Crippen molar-refractivity contribution >= 4 is 11.6 Å². The molecule has 0 unspecified atom stereocenters. The van der Waals surface area contributed by atoms with Gasteiger partial charge in [0.25, 0.3) is 5.56 Å². The number of carbonyl (C=O) groups excluding carboxylic acids is 1. The average Bonchev–Trinajstić information content (AvgIpc) is 2.24. The predicted molar refractivity (Wildman–Crippen MR) is 77.7 cm³/mol. The van der Waals surface area contributed by atoms with E-state index >= 15 is 0 Å². The molecular formula is C14H22N4O2. The molecule has 1 fully saturated rings. The van der Waals surface area contributed by atoms with E-state index in [2.05, 4.69) is 15.7 Å². The second kappa shape index (κ2) is 5.64. The molecule has 1 amide bonds. The molecule has 0 spiro atoms. The van der Waals surface area contributed by atoms with Crippen molar-refractivity contribution in [2.45, 2.75) is 58.2 Å². The van der Waals surface area contributed by atoms with Gasteiger partial charge in [0.1, 0.15) is 6.54 Å². The van der Waals surface area contributed by atoms with Crippen molar-refractivity contribution in [1.29, 1.82) is 0 Å². The largest absolute Gasteiger partial charge is 0.381 e. The van der Waals surface area contributed by atoms with Crippen LogP contribution in [0, 0.1) is 0 Å². The minimum absolute atomic E-state index is 0.0557. The van der Waals surface area contributed by atoms with Gasteiger partial charge in [0.2, 0.25) is 5.91 Å². The topological polar surface area (TPSA) is 76.0 Å². The fourth-order valence-electron chi connectivity index (χ4n) is 2.01. The first kappa shape index (κ1) is 14.6. The Morgan fingerprint density at radius 2 is 2.15 bits per heavy atom. The zero-order valence-electron chi connectivity index (χ0n) is 12.3. The van der Waals surface area contributed by atoms with E-state index in [-0.39, 0.29) is 23.6 Å². The van der Waals surface area contributed by atoms with Crippen molar-refractivity contribution in [2.24, 2.45) is 0 Å². The van der Waals surface area contributed by atoms with Gasteiger partial charge < -0.3 is 10.6 Å². The molecule has 0 bridgehead atoms. The van der Waals surface area contributed by atoms with Gasteiger partial charge in [0.15, 0.2) is 0 Å². The molecule has 20 heavy (non-hydrogen) atoms. The second-order valence-corrected chi connectivity index (χ2v) is 6.31. The maximum absolute atomic E-state index is 11.9. The van der Waals surface area contributed by atoms with Gasteiger partial charge in [-0.2, -0.15) is 5.10 Å². The summed E-state index contributed by atoms with van der Waals surface area (Å²) in [5, 5.41) is 10.1. The van der Waals surface area contributed by atoms with Crippen molar-refractivity contribution < 1.29 is 4.79 Å². The summed E-state index contributed by atoms with van der Waals surface area (Å²) in [5.41, 5.74) is 0.150. The summed E-state index contributed by atoms with van der Waals surface area (Å²) in [7, 11) is 0. The molecular weight excluding hydrogens is 256 g/mol. The van der Waals surface area contributed by atoms with Gasteiger partial charge in [-0.05, 0) is 40.0 Å². The van der Waals surface area contributed by atoms with Crippen LogP contribution in [0.5, 0.6) is 0 Å². The summed E-state index contributed by atoms with van der Waals surface area (Å²) in [5.74, 6) is -0.216. The quantitative estimate of drug-likeness (QED) is 0.865. The van der Waals surface area contributed by atoms with Crippen molar-refractivity contribution in [2.75, 3.05) is 5.32 Å². The molecule has 1 heterocycles. The SMILES string of the molecule is CC(C)(C)NC(=O)Cn1ncc(NC2CCC2)cc1=O. The number of carbonyl (C=O) groups is 1.